The standard InChI is InChI=1S/C17H11Cl2F3N6O2/c18-9-4-1-3-8(15(29)26-23)13(9)25-16(30)11-7-12(17(20,21)22)27-28(11)14-10(19)5-2-6-24-14/h1-7H,23H2,(H,25,30)(H,26,29). The van der Waals surface area contributed by atoms with Crippen molar-refractivity contribution in [3.05, 3.63) is 69.6 Å². The van der Waals surface area contributed by atoms with E-state index >= 15 is 0 Å². The molecule has 3 rings (SSSR count). The molecule has 1 aromatic carbocycles. The third kappa shape index (κ3) is 4.22. The van der Waals surface area contributed by atoms with Gasteiger partial charge in [0.15, 0.2) is 11.5 Å². The number of pyridine rings is 1. The molecule has 0 aliphatic rings. The SMILES string of the molecule is NNC(=O)c1cccc(Cl)c1NC(=O)c1cc(C(F)(F)F)nn1-c1ncccc1Cl. The Morgan fingerprint density at radius 1 is 1.07 bits per heavy atom. The highest BCUT2D eigenvalue weighted by Crippen LogP contribution is 2.31. The third-order valence-electron chi connectivity index (χ3n) is 3.80. The van der Waals surface area contributed by atoms with Crippen LogP contribution in [-0.4, -0.2) is 26.6 Å². The van der Waals surface area contributed by atoms with E-state index in [0.717, 1.165) is 0 Å². The number of halogens is 5. The average Bonchev–Trinajstić information content (AvgIpc) is 3.15. The molecule has 0 radical (unpaired) electrons. The molecule has 0 saturated carbocycles. The van der Waals surface area contributed by atoms with Gasteiger partial charge in [-0.15, -0.1) is 0 Å². The van der Waals surface area contributed by atoms with E-state index in [2.05, 4.69) is 15.4 Å². The summed E-state index contributed by atoms with van der Waals surface area (Å²) in [6.45, 7) is 0. The first kappa shape index (κ1) is 21.6. The van der Waals surface area contributed by atoms with Crippen LogP contribution in [0.5, 0.6) is 0 Å². The maximum Gasteiger partial charge on any atom is 0.435 e. The van der Waals surface area contributed by atoms with E-state index in [1.54, 1.807) is 0 Å². The molecule has 13 heteroatoms. The van der Waals surface area contributed by atoms with Crippen LogP contribution in [0.3, 0.4) is 0 Å². The fraction of sp³-hybridized carbons (Fsp3) is 0.0588. The minimum absolute atomic E-state index is 0.0377. The van der Waals surface area contributed by atoms with Crippen molar-refractivity contribution in [2.45, 2.75) is 6.18 Å². The van der Waals surface area contributed by atoms with Gasteiger partial charge in [0.1, 0.15) is 5.69 Å². The van der Waals surface area contributed by atoms with Crippen LogP contribution in [0.15, 0.2) is 42.6 Å². The number of anilines is 1. The van der Waals surface area contributed by atoms with E-state index in [1.807, 2.05) is 5.43 Å². The fourth-order valence-electron chi connectivity index (χ4n) is 2.47. The van der Waals surface area contributed by atoms with Crippen LogP contribution < -0.4 is 16.6 Å². The lowest BCUT2D eigenvalue weighted by atomic mass is 10.1. The Balaban J connectivity index is 2.11. The van der Waals surface area contributed by atoms with Crippen LogP contribution in [-0.2, 0) is 6.18 Å². The number of hydrazine groups is 1. The quantitative estimate of drug-likeness (QED) is 0.314. The van der Waals surface area contributed by atoms with E-state index < -0.39 is 29.4 Å². The van der Waals surface area contributed by atoms with Gasteiger partial charge in [0.25, 0.3) is 11.8 Å². The number of nitrogens with one attached hydrogen (secondary N) is 2. The molecule has 0 aliphatic carbocycles. The van der Waals surface area contributed by atoms with Gasteiger partial charge in [-0.2, -0.15) is 18.3 Å². The Hall–Kier alpha value is -3.15. The molecule has 3 aromatic rings. The molecule has 0 bridgehead atoms. The van der Waals surface area contributed by atoms with Crippen LogP contribution >= 0.6 is 23.2 Å². The molecule has 2 heterocycles. The number of benzene rings is 1. The number of carbonyl (C=O) groups is 2. The highest BCUT2D eigenvalue weighted by atomic mass is 35.5. The summed E-state index contributed by atoms with van der Waals surface area (Å²) in [5.74, 6) is 3.10. The summed E-state index contributed by atoms with van der Waals surface area (Å²) in [7, 11) is 0. The van der Waals surface area contributed by atoms with Gasteiger partial charge in [-0.3, -0.25) is 15.0 Å². The number of para-hydroxylation sites is 1. The minimum atomic E-state index is -4.84. The Kier molecular flexibility index (Phi) is 5.97. The summed E-state index contributed by atoms with van der Waals surface area (Å²) in [5.41, 5.74) is -0.244. The van der Waals surface area contributed by atoms with E-state index in [0.29, 0.717) is 10.7 Å². The largest absolute Gasteiger partial charge is 0.435 e. The predicted octanol–water partition coefficient (Wildman–Crippen LogP) is 3.45. The zero-order valence-electron chi connectivity index (χ0n) is 14.7. The van der Waals surface area contributed by atoms with Crippen molar-refractivity contribution in [1.29, 1.82) is 0 Å². The van der Waals surface area contributed by atoms with Gasteiger partial charge in [0.05, 0.1) is 21.3 Å². The van der Waals surface area contributed by atoms with Crippen molar-refractivity contribution in [2.24, 2.45) is 5.84 Å². The van der Waals surface area contributed by atoms with Gasteiger partial charge in [-0.25, -0.2) is 15.5 Å². The lowest BCUT2D eigenvalue weighted by molar-refractivity contribution is -0.141. The van der Waals surface area contributed by atoms with Crippen LogP contribution in [0.1, 0.15) is 26.5 Å². The molecule has 2 aromatic heterocycles. The molecule has 0 spiro atoms. The van der Waals surface area contributed by atoms with Gasteiger partial charge < -0.3 is 5.32 Å². The highest BCUT2D eigenvalue weighted by molar-refractivity contribution is 6.35. The first-order valence-electron chi connectivity index (χ1n) is 8.02. The molecule has 0 unspecified atom stereocenters. The molecule has 30 heavy (non-hydrogen) atoms. The second-order valence-corrected chi connectivity index (χ2v) is 6.54. The van der Waals surface area contributed by atoms with Gasteiger partial charge in [-0.1, -0.05) is 29.3 Å². The zero-order valence-corrected chi connectivity index (χ0v) is 16.2. The van der Waals surface area contributed by atoms with Crippen molar-refractivity contribution in [3.8, 4) is 5.82 Å². The van der Waals surface area contributed by atoms with Crippen molar-refractivity contribution in [1.82, 2.24) is 20.2 Å². The van der Waals surface area contributed by atoms with Crippen molar-refractivity contribution in [2.75, 3.05) is 5.32 Å². The van der Waals surface area contributed by atoms with Crippen LogP contribution in [0.4, 0.5) is 18.9 Å². The normalized spacial score (nSPS) is 11.3. The number of rotatable bonds is 4. The number of amides is 2. The maximum atomic E-state index is 13.2. The number of nitrogen functional groups attached to an aromatic ring is 1. The Morgan fingerprint density at radius 2 is 1.77 bits per heavy atom. The molecule has 0 fully saturated rings. The molecule has 2 amide bonds. The number of nitrogens with two attached hydrogens (primary N) is 1. The average molecular weight is 459 g/mol. The molecule has 0 aliphatic heterocycles. The lowest BCUT2D eigenvalue weighted by Crippen LogP contribution is -2.31. The summed E-state index contributed by atoms with van der Waals surface area (Å²) >= 11 is 12.1. The van der Waals surface area contributed by atoms with E-state index in [4.69, 9.17) is 29.0 Å². The lowest BCUT2D eigenvalue weighted by Gasteiger charge is -2.13. The highest BCUT2D eigenvalue weighted by Gasteiger charge is 2.36. The second kappa shape index (κ2) is 8.30. The molecule has 4 N–H and O–H groups in total. The summed E-state index contributed by atoms with van der Waals surface area (Å²) in [5, 5.41) is 5.66. The van der Waals surface area contributed by atoms with Gasteiger partial charge in [-0.05, 0) is 24.3 Å². The summed E-state index contributed by atoms with van der Waals surface area (Å²) in [6.07, 6.45) is -3.56. The number of hydrogen-bond acceptors (Lipinski definition) is 5. The van der Waals surface area contributed by atoms with Crippen LogP contribution in [0.2, 0.25) is 10.0 Å². The Labute approximate surface area is 176 Å². The number of alkyl halides is 3. The predicted molar refractivity (Wildman–Crippen MR) is 102 cm³/mol. The summed E-state index contributed by atoms with van der Waals surface area (Å²) in [4.78, 5) is 28.7. The number of nitrogens with zero attached hydrogens (tertiary/aromatic N) is 3. The van der Waals surface area contributed by atoms with E-state index in [9.17, 15) is 22.8 Å². The van der Waals surface area contributed by atoms with Gasteiger partial charge >= 0.3 is 6.18 Å². The zero-order chi connectivity index (χ0) is 22.1. The minimum Gasteiger partial charge on any atom is -0.319 e. The molecule has 0 atom stereocenters. The topological polar surface area (TPSA) is 115 Å². The maximum absolute atomic E-state index is 13.2. The van der Waals surface area contributed by atoms with Crippen molar-refractivity contribution in [3.63, 3.8) is 0 Å². The van der Waals surface area contributed by atoms with Gasteiger partial charge in [0.2, 0.25) is 0 Å². The molecule has 0 saturated heterocycles. The third-order valence-corrected chi connectivity index (χ3v) is 4.41. The molecular formula is C17H11Cl2F3N6O2. The van der Waals surface area contributed by atoms with Crippen LogP contribution in [0.25, 0.3) is 5.82 Å². The first-order valence-corrected chi connectivity index (χ1v) is 8.78. The number of hydrogen-bond donors (Lipinski definition) is 3. The summed E-state index contributed by atoms with van der Waals surface area (Å²) < 4.78 is 40.3. The van der Waals surface area contributed by atoms with Crippen molar-refractivity contribution < 1.29 is 22.8 Å². The smallest absolute Gasteiger partial charge is 0.319 e. The molecule has 156 valence electrons. The second-order valence-electron chi connectivity index (χ2n) is 5.72. The number of aromatic nitrogens is 3. The van der Waals surface area contributed by atoms with Gasteiger partial charge in [0, 0.05) is 12.3 Å². The molecular weight excluding hydrogens is 448 g/mol. The monoisotopic (exact) mass is 458 g/mol. The van der Waals surface area contributed by atoms with E-state index in [1.165, 1.54) is 36.5 Å². The Morgan fingerprint density at radius 3 is 2.40 bits per heavy atom. The molecule has 8 nitrogen and oxygen atoms in total. The Bertz CT molecular complexity index is 1130. The van der Waals surface area contributed by atoms with E-state index in [-0.39, 0.29) is 27.1 Å². The summed E-state index contributed by atoms with van der Waals surface area (Å²) in [6, 6.07) is 7.48. The van der Waals surface area contributed by atoms with Crippen molar-refractivity contribution >= 4 is 40.7 Å². The van der Waals surface area contributed by atoms with Crippen LogP contribution in [0, 0.1) is 0 Å². The first-order chi connectivity index (χ1) is 14.1. The fourth-order valence-corrected chi connectivity index (χ4v) is 2.90. The number of carbonyl (C=O) groups excluding carboxylic acids is 2.